The predicted octanol–water partition coefficient (Wildman–Crippen LogP) is 2.16. The molecule has 2 rings (SSSR count). The van der Waals surface area contributed by atoms with Gasteiger partial charge < -0.3 is 15.4 Å². The summed E-state index contributed by atoms with van der Waals surface area (Å²) in [5.74, 6) is -0.408. The van der Waals surface area contributed by atoms with Crippen molar-refractivity contribution in [2.75, 3.05) is 31.8 Å². The van der Waals surface area contributed by atoms with Crippen LogP contribution in [0.15, 0.2) is 47.4 Å². The average Bonchev–Trinajstić information content (AvgIpc) is 2.61. The van der Waals surface area contributed by atoms with Crippen molar-refractivity contribution in [3.8, 4) is 5.75 Å². The zero-order valence-corrected chi connectivity index (χ0v) is 16.3. The Labute approximate surface area is 158 Å². The van der Waals surface area contributed by atoms with Crippen LogP contribution >= 0.6 is 0 Å². The molecule has 8 nitrogen and oxygen atoms in total. The molecule has 0 aliphatic rings. The lowest BCUT2D eigenvalue weighted by atomic mass is 10.1. The highest BCUT2D eigenvalue weighted by Crippen LogP contribution is 2.29. The smallest absolute Gasteiger partial charge is 0.255 e. The van der Waals surface area contributed by atoms with Crippen molar-refractivity contribution >= 4 is 33.2 Å². The van der Waals surface area contributed by atoms with Crippen LogP contribution < -0.4 is 15.4 Å². The molecule has 0 aromatic heterocycles. The number of ether oxygens (including phenoxy) is 1. The molecule has 0 heterocycles. The van der Waals surface area contributed by atoms with E-state index in [-0.39, 0.29) is 16.5 Å². The Hall–Kier alpha value is -2.91. The van der Waals surface area contributed by atoms with Crippen molar-refractivity contribution in [2.24, 2.45) is 0 Å². The van der Waals surface area contributed by atoms with Gasteiger partial charge in [0.1, 0.15) is 5.75 Å². The fourth-order valence-electron chi connectivity index (χ4n) is 2.29. The molecule has 0 spiro atoms. The third kappa shape index (κ3) is 4.83. The molecule has 0 radical (unpaired) electrons. The standard InChI is InChI=1S/C18H21N3O5S/c1-12(22)19-14-7-5-6-13(10-14)18(23)20-16-11-15(8-9-17(16)26-4)27(24,25)21(2)3/h5-11H,1-4H3,(H,19,22)(H,20,23). The highest BCUT2D eigenvalue weighted by Gasteiger charge is 2.20. The van der Waals surface area contributed by atoms with Gasteiger partial charge in [-0.15, -0.1) is 0 Å². The van der Waals surface area contributed by atoms with Gasteiger partial charge in [-0.2, -0.15) is 0 Å². The second kappa shape index (κ2) is 8.19. The monoisotopic (exact) mass is 391 g/mol. The molecule has 27 heavy (non-hydrogen) atoms. The van der Waals surface area contributed by atoms with Crippen LogP contribution in [0.4, 0.5) is 11.4 Å². The first-order chi connectivity index (χ1) is 12.6. The van der Waals surface area contributed by atoms with Gasteiger partial charge in [-0.25, -0.2) is 12.7 Å². The van der Waals surface area contributed by atoms with Gasteiger partial charge in [-0.05, 0) is 36.4 Å². The number of carbonyl (C=O) groups excluding carboxylic acids is 2. The normalized spacial score (nSPS) is 11.1. The van der Waals surface area contributed by atoms with Crippen LogP contribution in [-0.4, -0.2) is 45.7 Å². The second-order valence-electron chi connectivity index (χ2n) is 5.87. The fraction of sp³-hybridized carbons (Fsp3) is 0.222. The van der Waals surface area contributed by atoms with Gasteiger partial charge in [0.05, 0.1) is 17.7 Å². The summed E-state index contributed by atoms with van der Waals surface area (Å²) in [6, 6.07) is 10.6. The lowest BCUT2D eigenvalue weighted by molar-refractivity contribution is -0.114. The number of benzene rings is 2. The summed E-state index contributed by atoms with van der Waals surface area (Å²) >= 11 is 0. The lowest BCUT2D eigenvalue weighted by Gasteiger charge is -2.15. The maximum atomic E-state index is 12.6. The Balaban J connectivity index is 2.36. The molecule has 0 atom stereocenters. The van der Waals surface area contributed by atoms with E-state index in [0.717, 1.165) is 4.31 Å². The number of hydrogen-bond acceptors (Lipinski definition) is 5. The Morgan fingerprint density at radius 1 is 1.04 bits per heavy atom. The number of nitrogens with one attached hydrogen (secondary N) is 2. The summed E-state index contributed by atoms with van der Waals surface area (Å²) in [4.78, 5) is 23.8. The number of anilines is 2. The molecule has 0 aliphatic carbocycles. The van der Waals surface area contributed by atoms with Crippen LogP contribution in [0.25, 0.3) is 0 Å². The number of carbonyl (C=O) groups is 2. The number of hydrogen-bond donors (Lipinski definition) is 2. The highest BCUT2D eigenvalue weighted by molar-refractivity contribution is 7.89. The molecule has 9 heteroatoms. The Morgan fingerprint density at radius 3 is 2.33 bits per heavy atom. The van der Waals surface area contributed by atoms with E-state index in [4.69, 9.17) is 4.74 Å². The predicted molar refractivity (Wildman–Crippen MR) is 103 cm³/mol. The second-order valence-corrected chi connectivity index (χ2v) is 8.02. The summed E-state index contributed by atoms with van der Waals surface area (Å²) < 4.78 is 30.9. The van der Waals surface area contributed by atoms with E-state index >= 15 is 0 Å². The number of methoxy groups -OCH3 is 1. The van der Waals surface area contributed by atoms with Gasteiger partial charge in [-0.3, -0.25) is 9.59 Å². The molecule has 0 saturated carbocycles. The molecule has 0 saturated heterocycles. The fourth-order valence-corrected chi connectivity index (χ4v) is 3.22. The molecule has 0 unspecified atom stereocenters. The summed E-state index contributed by atoms with van der Waals surface area (Å²) in [5, 5.41) is 5.25. The average molecular weight is 391 g/mol. The van der Waals surface area contributed by atoms with Crippen molar-refractivity contribution in [3.63, 3.8) is 0 Å². The van der Waals surface area contributed by atoms with Crippen molar-refractivity contribution in [2.45, 2.75) is 11.8 Å². The van der Waals surface area contributed by atoms with Crippen molar-refractivity contribution in [1.29, 1.82) is 0 Å². The van der Waals surface area contributed by atoms with Gasteiger partial charge in [-0.1, -0.05) is 6.07 Å². The molecular weight excluding hydrogens is 370 g/mol. The summed E-state index contributed by atoms with van der Waals surface area (Å²) in [5.41, 5.74) is 0.991. The molecule has 2 aromatic carbocycles. The zero-order valence-electron chi connectivity index (χ0n) is 15.4. The SMILES string of the molecule is COc1ccc(S(=O)(=O)N(C)C)cc1NC(=O)c1cccc(NC(C)=O)c1. The minimum Gasteiger partial charge on any atom is -0.495 e. The third-order valence-electron chi connectivity index (χ3n) is 3.64. The molecule has 0 fully saturated rings. The minimum atomic E-state index is -3.67. The Kier molecular flexibility index (Phi) is 6.19. The highest BCUT2D eigenvalue weighted by atomic mass is 32.2. The van der Waals surface area contributed by atoms with Crippen molar-refractivity contribution in [3.05, 3.63) is 48.0 Å². The quantitative estimate of drug-likeness (QED) is 0.785. The lowest BCUT2D eigenvalue weighted by Crippen LogP contribution is -2.22. The first-order valence-corrected chi connectivity index (χ1v) is 9.38. The Bertz CT molecular complexity index is 971. The van der Waals surface area contributed by atoms with Crippen molar-refractivity contribution < 1.29 is 22.7 Å². The van der Waals surface area contributed by atoms with Gasteiger partial charge in [0.2, 0.25) is 15.9 Å². The van der Waals surface area contributed by atoms with Crippen LogP contribution in [0.5, 0.6) is 5.75 Å². The van der Waals surface area contributed by atoms with Crippen LogP contribution in [0.2, 0.25) is 0 Å². The minimum absolute atomic E-state index is 0.0237. The van der Waals surface area contributed by atoms with E-state index in [9.17, 15) is 18.0 Å². The Morgan fingerprint density at radius 2 is 1.74 bits per heavy atom. The third-order valence-corrected chi connectivity index (χ3v) is 5.45. The number of amides is 2. The van der Waals surface area contributed by atoms with Crippen molar-refractivity contribution in [1.82, 2.24) is 4.31 Å². The molecule has 2 amide bonds. The van der Waals surface area contributed by atoms with Crippen LogP contribution in [0, 0.1) is 0 Å². The van der Waals surface area contributed by atoms with Crippen LogP contribution in [0.1, 0.15) is 17.3 Å². The first kappa shape index (κ1) is 20.4. The van der Waals surface area contributed by atoms with E-state index in [1.54, 1.807) is 18.2 Å². The van der Waals surface area contributed by atoms with Gasteiger partial charge in [0, 0.05) is 32.3 Å². The summed E-state index contributed by atoms with van der Waals surface area (Å²) in [7, 11) is 0.597. The van der Waals surface area contributed by atoms with E-state index < -0.39 is 15.9 Å². The molecule has 0 aliphatic heterocycles. The van der Waals surface area contributed by atoms with E-state index in [1.165, 1.54) is 52.4 Å². The maximum absolute atomic E-state index is 12.6. The van der Waals surface area contributed by atoms with E-state index in [1.807, 2.05) is 0 Å². The van der Waals surface area contributed by atoms with Crippen LogP contribution in [0.3, 0.4) is 0 Å². The molecule has 0 bridgehead atoms. The topological polar surface area (TPSA) is 105 Å². The molecular formula is C18H21N3O5S. The largest absolute Gasteiger partial charge is 0.495 e. The van der Waals surface area contributed by atoms with Crippen LogP contribution in [-0.2, 0) is 14.8 Å². The number of rotatable bonds is 6. The van der Waals surface area contributed by atoms with Gasteiger partial charge >= 0.3 is 0 Å². The van der Waals surface area contributed by atoms with E-state index in [0.29, 0.717) is 17.0 Å². The van der Waals surface area contributed by atoms with E-state index in [2.05, 4.69) is 10.6 Å². The molecule has 2 aromatic rings. The molecule has 144 valence electrons. The number of nitrogens with zero attached hydrogens (tertiary/aromatic N) is 1. The van der Waals surface area contributed by atoms with Gasteiger partial charge in [0.15, 0.2) is 0 Å². The first-order valence-electron chi connectivity index (χ1n) is 7.94. The summed E-state index contributed by atoms with van der Waals surface area (Å²) in [6.07, 6.45) is 0. The summed E-state index contributed by atoms with van der Waals surface area (Å²) in [6.45, 7) is 1.37. The molecule has 2 N–H and O–H groups in total. The maximum Gasteiger partial charge on any atom is 0.255 e. The number of sulfonamides is 1. The zero-order chi connectivity index (χ0) is 20.2. The van der Waals surface area contributed by atoms with Gasteiger partial charge in [0.25, 0.3) is 5.91 Å².